The molecule has 1 nitrogen and oxygen atoms in total. The van der Waals surface area contributed by atoms with E-state index < -0.39 is 0 Å². The highest BCUT2D eigenvalue weighted by atomic mass is 14.7. The highest BCUT2D eigenvalue weighted by Gasteiger charge is 1.79. The van der Waals surface area contributed by atoms with Gasteiger partial charge in [-0.1, -0.05) is 24.3 Å². The van der Waals surface area contributed by atoms with Crippen LogP contribution in [0.25, 0.3) is 0 Å². The van der Waals surface area contributed by atoms with Crippen LogP contribution in [0.1, 0.15) is 6.92 Å². The van der Waals surface area contributed by atoms with Crippen LogP contribution < -0.4 is 0 Å². The molecular formula is C10H11N. The Balaban J connectivity index is 2.64. The molecular weight excluding hydrogens is 134 g/mol. The van der Waals surface area contributed by atoms with Crippen LogP contribution in [0.2, 0.25) is 0 Å². The Bertz CT molecular complexity index is 247. The second kappa shape index (κ2) is 4.45. The molecule has 1 aromatic rings. The van der Waals surface area contributed by atoms with Crippen molar-refractivity contribution in [2.75, 3.05) is 0 Å². The zero-order valence-electron chi connectivity index (χ0n) is 6.57. The van der Waals surface area contributed by atoms with Crippen molar-refractivity contribution in [3.63, 3.8) is 0 Å². The predicted octanol–water partition coefficient (Wildman–Crippen LogP) is 2.97. The summed E-state index contributed by atoms with van der Waals surface area (Å²) in [6.07, 6.45) is 5.65. The lowest BCUT2D eigenvalue weighted by atomic mass is 10.3. The molecule has 0 aliphatic heterocycles. The average Bonchev–Trinajstić information content (AvgIpc) is 2.07. The minimum Gasteiger partial charge on any atom is -0.257 e. The molecule has 11 heavy (non-hydrogen) atoms. The highest BCUT2D eigenvalue weighted by Crippen LogP contribution is 2.07. The van der Waals surface area contributed by atoms with Crippen molar-refractivity contribution in [1.82, 2.24) is 0 Å². The zero-order valence-corrected chi connectivity index (χ0v) is 6.57. The largest absolute Gasteiger partial charge is 0.257 e. The van der Waals surface area contributed by atoms with Gasteiger partial charge in [-0.05, 0) is 25.1 Å². The molecule has 1 rings (SSSR count). The number of hydrogen-bond acceptors (Lipinski definition) is 1. The molecule has 0 spiro atoms. The lowest BCUT2D eigenvalue weighted by Gasteiger charge is -1.87. The third kappa shape index (κ3) is 2.80. The lowest BCUT2D eigenvalue weighted by molar-refractivity contribution is 1.54. The minimum absolute atomic E-state index is 0.991. The maximum absolute atomic E-state index is 4.18. The van der Waals surface area contributed by atoms with Crippen LogP contribution in [0.15, 0.2) is 47.5 Å². The quantitative estimate of drug-likeness (QED) is 0.567. The van der Waals surface area contributed by atoms with E-state index in [1.54, 1.807) is 6.21 Å². The Morgan fingerprint density at radius 2 is 1.91 bits per heavy atom. The zero-order chi connectivity index (χ0) is 7.94. The highest BCUT2D eigenvalue weighted by molar-refractivity contribution is 5.74. The fourth-order valence-corrected chi connectivity index (χ4v) is 0.729. The number of hydrogen-bond donors (Lipinski definition) is 0. The van der Waals surface area contributed by atoms with E-state index in [9.17, 15) is 0 Å². The summed E-state index contributed by atoms with van der Waals surface area (Å²) in [5.41, 5.74) is 0.991. The predicted molar refractivity (Wildman–Crippen MR) is 49.4 cm³/mol. The van der Waals surface area contributed by atoms with Gasteiger partial charge in [-0.15, -0.1) is 0 Å². The minimum atomic E-state index is 0.991. The normalized spacial score (nSPS) is 11.4. The van der Waals surface area contributed by atoms with E-state index in [0.29, 0.717) is 0 Å². The first-order chi connectivity index (χ1) is 5.43. The Morgan fingerprint density at radius 3 is 2.55 bits per heavy atom. The Hall–Kier alpha value is -1.37. The Kier molecular flexibility index (Phi) is 3.13. The molecule has 0 unspecified atom stereocenters. The van der Waals surface area contributed by atoms with Gasteiger partial charge in [-0.25, -0.2) is 0 Å². The van der Waals surface area contributed by atoms with E-state index in [4.69, 9.17) is 0 Å². The van der Waals surface area contributed by atoms with Crippen molar-refractivity contribution in [3.05, 3.63) is 42.5 Å². The first kappa shape index (κ1) is 7.73. The van der Waals surface area contributed by atoms with Gasteiger partial charge in [0, 0.05) is 6.21 Å². The van der Waals surface area contributed by atoms with Crippen molar-refractivity contribution >= 4 is 11.9 Å². The van der Waals surface area contributed by atoms with E-state index in [1.807, 2.05) is 49.4 Å². The van der Waals surface area contributed by atoms with Crippen LogP contribution >= 0.6 is 0 Å². The second-order valence-electron chi connectivity index (χ2n) is 2.14. The standard InChI is InChI=1S/C10H11N/c1-2-3-9-11-10-7-5-4-6-8-10/h2-9H,1H3/b3-2+,11-9?. The lowest BCUT2D eigenvalue weighted by Crippen LogP contribution is -1.64. The summed E-state index contributed by atoms with van der Waals surface area (Å²) in [4.78, 5) is 4.18. The third-order valence-electron chi connectivity index (χ3n) is 1.26. The van der Waals surface area contributed by atoms with Crippen molar-refractivity contribution in [2.45, 2.75) is 6.92 Å². The van der Waals surface area contributed by atoms with Crippen molar-refractivity contribution in [2.24, 2.45) is 4.99 Å². The number of allylic oxidation sites excluding steroid dienone is 2. The summed E-state index contributed by atoms with van der Waals surface area (Å²) in [6.45, 7) is 1.97. The number of para-hydroxylation sites is 1. The number of nitrogens with zero attached hydrogens (tertiary/aromatic N) is 1. The van der Waals surface area contributed by atoms with E-state index in [1.165, 1.54) is 0 Å². The summed E-state index contributed by atoms with van der Waals surface area (Å²) >= 11 is 0. The van der Waals surface area contributed by atoms with Gasteiger partial charge in [0.1, 0.15) is 0 Å². The molecule has 56 valence electrons. The molecule has 0 fully saturated rings. The first-order valence-corrected chi connectivity index (χ1v) is 3.64. The van der Waals surface area contributed by atoms with E-state index in [2.05, 4.69) is 4.99 Å². The van der Waals surface area contributed by atoms with Crippen LogP contribution in [-0.2, 0) is 0 Å². The van der Waals surface area contributed by atoms with Crippen molar-refractivity contribution < 1.29 is 0 Å². The van der Waals surface area contributed by atoms with Crippen LogP contribution in [0.4, 0.5) is 5.69 Å². The van der Waals surface area contributed by atoms with Gasteiger partial charge in [0.15, 0.2) is 0 Å². The average molecular weight is 145 g/mol. The molecule has 0 aliphatic carbocycles. The molecule has 0 amide bonds. The monoisotopic (exact) mass is 145 g/mol. The molecule has 0 atom stereocenters. The molecule has 0 bridgehead atoms. The van der Waals surface area contributed by atoms with Crippen LogP contribution in [-0.4, -0.2) is 6.21 Å². The molecule has 0 saturated carbocycles. The van der Waals surface area contributed by atoms with Gasteiger partial charge in [-0.3, -0.25) is 4.99 Å². The number of rotatable bonds is 2. The van der Waals surface area contributed by atoms with Gasteiger partial charge in [0.2, 0.25) is 0 Å². The first-order valence-electron chi connectivity index (χ1n) is 3.64. The van der Waals surface area contributed by atoms with E-state index in [-0.39, 0.29) is 0 Å². The summed E-state index contributed by atoms with van der Waals surface area (Å²) < 4.78 is 0. The van der Waals surface area contributed by atoms with Gasteiger partial charge in [0.25, 0.3) is 0 Å². The molecule has 0 N–H and O–H groups in total. The molecule has 0 heterocycles. The Labute approximate surface area is 67.1 Å². The van der Waals surface area contributed by atoms with Gasteiger partial charge in [-0.2, -0.15) is 0 Å². The molecule has 0 saturated heterocycles. The van der Waals surface area contributed by atoms with Gasteiger partial charge < -0.3 is 0 Å². The Morgan fingerprint density at radius 1 is 1.18 bits per heavy atom. The fraction of sp³-hybridized carbons (Fsp3) is 0.100. The van der Waals surface area contributed by atoms with Crippen molar-refractivity contribution in [1.29, 1.82) is 0 Å². The summed E-state index contributed by atoms with van der Waals surface area (Å²) in [7, 11) is 0. The molecule has 1 aromatic carbocycles. The topological polar surface area (TPSA) is 12.4 Å². The molecule has 0 radical (unpaired) electrons. The summed E-state index contributed by atoms with van der Waals surface area (Å²) in [6, 6.07) is 9.87. The molecule has 1 heteroatoms. The molecule has 0 aliphatic rings. The maximum Gasteiger partial charge on any atom is 0.0629 e. The second-order valence-corrected chi connectivity index (χ2v) is 2.14. The van der Waals surface area contributed by atoms with Crippen LogP contribution in [0.3, 0.4) is 0 Å². The summed E-state index contributed by atoms with van der Waals surface area (Å²) in [5, 5.41) is 0. The van der Waals surface area contributed by atoms with E-state index in [0.717, 1.165) is 5.69 Å². The van der Waals surface area contributed by atoms with E-state index >= 15 is 0 Å². The van der Waals surface area contributed by atoms with Gasteiger partial charge in [0.05, 0.1) is 5.69 Å². The maximum atomic E-state index is 4.18. The van der Waals surface area contributed by atoms with Crippen LogP contribution in [0.5, 0.6) is 0 Å². The third-order valence-corrected chi connectivity index (χ3v) is 1.26. The number of aliphatic imine (C=N–C) groups is 1. The van der Waals surface area contributed by atoms with Crippen molar-refractivity contribution in [3.8, 4) is 0 Å². The van der Waals surface area contributed by atoms with Crippen LogP contribution in [0, 0.1) is 0 Å². The summed E-state index contributed by atoms with van der Waals surface area (Å²) in [5.74, 6) is 0. The SMILES string of the molecule is C/C=C/C=Nc1ccccc1. The number of benzene rings is 1. The fourth-order valence-electron chi connectivity index (χ4n) is 0.729. The molecule has 0 aromatic heterocycles. The smallest absolute Gasteiger partial charge is 0.0629 e. The van der Waals surface area contributed by atoms with Gasteiger partial charge >= 0.3 is 0 Å².